The van der Waals surface area contributed by atoms with Crippen molar-refractivity contribution in [2.45, 2.75) is 13.3 Å². The van der Waals surface area contributed by atoms with Crippen LogP contribution in [0.15, 0.2) is 23.7 Å². The maximum atomic E-state index is 8.72. The lowest BCUT2D eigenvalue weighted by Crippen LogP contribution is -2.05. The van der Waals surface area contributed by atoms with Crippen LogP contribution in [0.4, 0.5) is 5.69 Å². The van der Waals surface area contributed by atoms with Crippen molar-refractivity contribution >= 4 is 17.0 Å². The van der Waals surface area contributed by atoms with Crippen LogP contribution in [-0.4, -0.2) is 16.5 Å². The van der Waals surface area contributed by atoms with Crippen LogP contribution in [0.1, 0.15) is 16.4 Å². The van der Waals surface area contributed by atoms with E-state index in [2.05, 4.69) is 20.7 Å². The van der Waals surface area contributed by atoms with Gasteiger partial charge >= 0.3 is 0 Å². The number of pyridine rings is 1. The zero-order chi connectivity index (χ0) is 12.1. The molecule has 2 aromatic rings. The molecule has 0 bridgehead atoms. The fourth-order valence-electron chi connectivity index (χ4n) is 1.43. The van der Waals surface area contributed by atoms with E-state index >= 15 is 0 Å². The van der Waals surface area contributed by atoms with E-state index in [9.17, 15) is 0 Å². The van der Waals surface area contributed by atoms with Gasteiger partial charge < -0.3 is 5.32 Å². The average Bonchev–Trinajstić information content (AvgIpc) is 2.75. The fraction of sp³-hybridized carbons (Fsp3) is 0.250. The molecule has 17 heavy (non-hydrogen) atoms. The second-order valence-electron chi connectivity index (χ2n) is 3.60. The van der Waals surface area contributed by atoms with Gasteiger partial charge in [0.25, 0.3) is 0 Å². The Labute approximate surface area is 104 Å². The van der Waals surface area contributed by atoms with Crippen LogP contribution in [-0.2, 0) is 6.42 Å². The van der Waals surface area contributed by atoms with Crippen molar-refractivity contribution in [2.75, 3.05) is 11.9 Å². The average molecular weight is 244 g/mol. The predicted octanol–water partition coefficient (Wildman–Crippen LogP) is 2.37. The Bertz CT molecular complexity index is 541. The first-order valence-electron chi connectivity index (χ1n) is 5.29. The minimum Gasteiger partial charge on any atom is -0.384 e. The smallest absolute Gasteiger partial charge is 0.142 e. The van der Waals surface area contributed by atoms with E-state index in [0.29, 0.717) is 5.69 Å². The molecule has 4 nitrogen and oxygen atoms in total. The molecule has 0 amide bonds. The summed E-state index contributed by atoms with van der Waals surface area (Å²) >= 11 is 1.68. The summed E-state index contributed by atoms with van der Waals surface area (Å²) in [6.07, 6.45) is 2.52. The van der Waals surface area contributed by atoms with E-state index in [-0.39, 0.29) is 0 Å². The molecule has 86 valence electrons. The zero-order valence-corrected chi connectivity index (χ0v) is 10.3. The van der Waals surface area contributed by atoms with Gasteiger partial charge in [0, 0.05) is 35.9 Å². The lowest BCUT2D eigenvalue weighted by atomic mass is 10.3. The number of thiazole rings is 1. The van der Waals surface area contributed by atoms with Crippen LogP contribution in [0, 0.1) is 18.3 Å². The molecule has 0 saturated heterocycles. The number of nitrogens with one attached hydrogen (secondary N) is 1. The molecule has 2 rings (SSSR count). The molecule has 2 aromatic heterocycles. The number of anilines is 1. The predicted molar refractivity (Wildman–Crippen MR) is 68.0 cm³/mol. The third kappa shape index (κ3) is 3.26. The van der Waals surface area contributed by atoms with Gasteiger partial charge in [-0.1, -0.05) is 0 Å². The number of hydrogen-bond acceptors (Lipinski definition) is 5. The Kier molecular flexibility index (Phi) is 3.68. The van der Waals surface area contributed by atoms with Crippen molar-refractivity contribution in [3.8, 4) is 6.07 Å². The molecule has 1 N–H and O–H groups in total. The highest BCUT2D eigenvalue weighted by Gasteiger charge is 1.99. The molecular formula is C12H12N4S. The highest BCUT2D eigenvalue weighted by molar-refractivity contribution is 7.09. The minimum absolute atomic E-state index is 0.431. The van der Waals surface area contributed by atoms with Gasteiger partial charge in [-0.3, -0.25) is 0 Å². The second-order valence-corrected chi connectivity index (χ2v) is 4.54. The first kappa shape index (κ1) is 11.6. The maximum absolute atomic E-state index is 8.72. The van der Waals surface area contributed by atoms with Crippen molar-refractivity contribution in [3.63, 3.8) is 0 Å². The Hall–Kier alpha value is -1.93. The normalized spacial score (nSPS) is 9.88. The molecule has 0 atom stereocenters. The zero-order valence-electron chi connectivity index (χ0n) is 9.47. The molecule has 0 unspecified atom stereocenters. The topological polar surface area (TPSA) is 61.6 Å². The van der Waals surface area contributed by atoms with E-state index in [1.165, 1.54) is 0 Å². The number of nitriles is 1. The van der Waals surface area contributed by atoms with Crippen molar-refractivity contribution in [1.82, 2.24) is 9.97 Å². The fourth-order valence-corrected chi connectivity index (χ4v) is 2.21. The molecule has 2 heterocycles. The van der Waals surface area contributed by atoms with Gasteiger partial charge in [0.2, 0.25) is 0 Å². The maximum Gasteiger partial charge on any atom is 0.142 e. The van der Waals surface area contributed by atoms with Crippen LogP contribution in [0.3, 0.4) is 0 Å². The van der Waals surface area contributed by atoms with Gasteiger partial charge in [-0.15, -0.1) is 11.3 Å². The van der Waals surface area contributed by atoms with Gasteiger partial charge in [0.1, 0.15) is 11.8 Å². The minimum atomic E-state index is 0.431. The van der Waals surface area contributed by atoms with E-state index in [1.54, 1.807) is 23.6 Å². The van der Waals surface area contributed by atoms with Crippen molar-refractivity contribution in [1.29, 1.82) is 5.26 Å². The number of aromatic nitrogens is 2. The standard InChI is InChI=1S/C12H12N4S/c1-9-8-17-12(16-9)3-5-14-10-2-4-15-11(6-10)7-13/h2,4,6,8H,3,5H2,1H3,(H,14,15). The van der Waals surface area contributed by atoms with Gasteiger partial charge in [-0.25, -0.2) is 9.97 Å². The quantitative estimate of drug-likeness (QED) is 0.897. The van der Waals surface area contributed by atoms with Crippen molar-refractivity contribution in [2.24, 2.45) is 0 Å². The monoisotopic (exact) mass is 244 g/mol. The third-order valence-electron chi connectivity index (χ3n) is 2.21. The van der Waals surface area contributed by atoms with Gasteiger partial charge in [-0.2, -0.15) is 5.26 Å². The molecule has 0 radical (unpaired) electrons. The van der Waals surface area contributed by atoms with Crippen LogP contribution in [0.2, 0.25) is 0 Å². The largest absolute Gasteiger partial charge is 0.384 e. The summed E-state index contributed by atoms with van der Waals surface area (Å²) in [5.41, 5.74) is 2.42. The molecule has 0 fully saturated rings. The molecule has 5 heteroatoms. The van der Waals surface area contributed by atoms with Crippen LogP contribution in [0.25, 0.3) is 0 Å². The Morgan fingerprint density at radius 1 is 1.53 bits per heavy atom. The lowest BCUT2D eigenvalue weighted by molar-refractivity contribution is 0.986. The summed E-state index contributed by atoms with van der Waals surface area (Å²) in [6.45, 7) is 2.80. The van der Waals surface area contributed by atoms with E-state index in [1.807, 2.05) is 19.1 Å². The summed E-state index contributed by atoms with van der Waals surface area (Å²) in [7, 11) is 0. The highest BCUT2D eigenvalue weighted by Crippen LogP contribution is 2.11. The number of rotatable bonds is 4. The van der Waals surface area contributed by atoms with Crippen molar-refractivity contribution < 1.29 is 0 Å². The first-order chi connectivity index (χ1) is 8.28. The summed E-state index contributed by atoms with van der Waals surface area (Å²) in [4.78, 5) is 8.31. The molecule has 0 aromatic carbocycles. The molecule has 0 aliphatic heterocycles. The third-order valence-corrected chi connectivity index (χ3v) is 3.24. The van der Waals surface area contributed by atoms with Crippen LogP contribution >= 0.6 is 11.3 Å². The molecule has 0 aliphatic carbocycles. The summed E-state index contributed by atoms with van der Waals surface area (Å²) in [6, 6.07) is 5.62. The van der Waals surface area contributed by atoms with E-state index in [0.717, 1.165) is 29.4 Å². The molecule has 0 saturated carbocycles. The second kappa shape index (κ2) is 5.41. The Morgan fingerprint density at radius 2 is 2.41 bits per heavy atom. The lowest BCUT2D eigenvalue weighted by Gasteiger charge is -2.04. The Morgan fingerprint density at radius 3 is 3.12 bits per heavy atom. The molecule has 0 spiro atoms. The van der Waals surface area contributed by atoms with Crippen LogP contribution in [0.5, 0.6) is 0 Å². The SMILES string of the molecule is Cc1csc(CCNc2ccnc(C#N)c2)n1. The first-order valence-corrected chi connectivity index (χ1v) is 6.17. The van der Waals surface area contributed by atoms with Crippen molar-refractivity contribution in [3.05, 3.63) is 40.1 Å². The number of nitrogens with zero attached hydrogens (tertiary/aromatic N) is 3. The summed E-state index contributed by atoms with van der Waals surface area (Å²) < 4.78 is 0. The molecular weight excluding hydrogens is 232 g/mol. The van der Waals surface area contributed by atoms with Gasteiger partial charge in [-0.05, 0) is 19.1 Å². The highest BCUT2D eigenvalue weighted by atomic mass is 32.1. The summed E-state index contributed by atoms with van der Waals surface area (Å²) in [5, 5.41) is 15.2. The Balaban J connectivity index is 1.88. The van der Waals surface area contributed by atoms with E-state index in [4.69, 9.17) is 5.26 Å². The van der Waals surface area contributed by atoms with Gasteiger partial charge in [0.15, 0.2) is 0 Å². The molecule has 0 aliphatic rings. The summed E-state index contributed by atoms with van der Waals surface area (Å²) in [5.74, 6) is 0. The van der Waals surface area contributed by atoms with Gasteiger partial charge in [0.05, 0.1) is 5.01 Å². The van der Waals surface area contributed by atoms with Crippen LogP contribution < -0.4 is 5.32 Å². The number of aryl methyl sites for hydroxylation is 1. The van der Waals surface area contributed by atoms with E-state index < -0.39 is 0 Å². The number of hydrogen-bond donors (Lipinski definition) is 1.